The van der Waals surface area contributed by atoms with Crippen LogP contribution >= 0.6 is 0 Å². The van der Waals surface area contributed by atoms with E-state index >= 15 is 0 Å². The molecular formula is C9H23N3O2S. The quantitative estimate of drug-likeness (QED) is 0.596. The second-order valence-corrected chi connectivity index (χ2v) is 5.36. The van der Waals surface area contributed by atoms with Crippen molar-refractivity contribution in [3.8, 4) is 0 Å². The Morgan fingerprint density at radius 2 is 1.87 bits per heavy atom. The van der Waals surface area contributed by atoms with Gasteiger partial charge in [-0.25, -0.2) is 4.72 Å². The Hall–Kier alpha value is -0.170. The third-order valence-corrected chi connectivity index (χ3v) is 3.93. The molecule has 15 heavy (non-hydrogen) atoms. The van der Waals surface area contributed by atoms with E-state index in [9.17, 15) is 8.42 Å². The Bertz CT molecular complexity index is 248. The van der Waals surface area contributed by atoms with E-state index in [2.05, 4.69) is 4.72 Å². The van der Waals surface area contributed by atoms with Crippen LogP contribution in [0.2, 0.25) is 0 Å². The first kappa shape index (κ1) is 14.8. The molecule has 0 aromatic rings. The van der Waals surface area contributed by atoms with Gasteiger partial charge < -0.3 is 5.73 Å². The molecular weight excluding hydrogens is 214 g/mol. The van der Waals surface area contributed by atoms with Gasteiger partial charge in [-0.2, -0.15) is 12.7 Å². The average Bonchev–Trinajstić information content (AvgIpc) is 2.14. The minimum absolute atomic E-state index is 0.128. The number of nitrogens with two attached hydrogens (primary N) is 1. The highest BCUT2D eigenvalue weighted by atomic mass is 32.2. The summed E-state index contributed by atoms with van der Waals surface area (Å²) in [7, 11) is -3.28. The number of hydrogen-bond acceptors (Lipinski definition) is 3. The van der Waals surface area contributed by atoms with Crippen LogP contribution in [-0.4, -0.2) is 38.4 Å². The molecule has 0 saturated heterocycles. The maximum Gasteiger partial charge on any atom is 0.279 e. The van der Waals surface area contributed by atoms with E-state index < -0.39 is 10.2 Å². The standard InChI is InChI=1S/C9H23N3O2S/c1-4-12(5-2)15(13,14)11-8-6-7-9(3)10/h9,11H,4-8,10H2,1-3H3. The van der Waals surface area contributed by atoms with Crippen LogP contribution in [0.1, 0.15) is 33.6 Å². The first-order valence-electron chi connectivity index (χ1n) is 5.44. The zero-order valence-electron chi connectivity index (χ0n) is 9.86. The highest BCUT2D eigenvalue weighted by Gasteiger charge is 2.16. The molecule has 0 aliphatic rings. The highest BCUT2D eigenvalue weighted by Crippen LogP contribution is 1.98. The smallest absolute Gasteiger partial charge is 0.279 e. The van der Waals surface area contributed by atoms with Crippen LogP contribution in [0.15, 0.2) is 0 Å². The number of hydrogen-bond donors (Lipinski definition) is 2. The van der Waals surface area contributed by atoms with Gasteiger partial charge in [0.05, 0.1) is 0 Å². The molecule has 0 radical (unpaired) electrons. The third kappa shape index (κ3) is 6.09. The van der Waals surface area contributed by atoms with Gasteiger partial charge in [-0.05, 0) is 19.8 Å². The van der Waals surface area contributed by atoms with Crippen molar-refractivity contribution in [2.45, 2.75) is 39.7 Å². The van der Waals surface area contributed by atoms with Gasteiger partial charge in [0.15, 0.2) is 0 Å². The summed E-state index contributed by atoms with van der Waals surface area (Å²) in [5.74, 6) is 0. The first-order chi connectivity index (χ1) is 6.94. The predicted molar refractivity (Wildman–Crippen MR) is 62.7 cm³/mol. The largest absolute Gasteiger partial charge is 0.328 e. The summed E-state index contributed by atoms with van der Waals surface area (Å²) < 4.78 is 27.2. The molecule has 0 heterocycles. The molecule has 6 heteroatoms. The molecule has 1 atom stereocenters. The normalized spacial score (nSPS) is 14.5. The van der Waals surface area contributed by atoms with Crippen molar-refractivity contribution in [2.75, 3.05) is 19.6 Å². The van der Waals surface area contributed by atoms with Crippen molar-refractivity contribution in [3.05, 3.63) is 0 Å². The maximum absolute atomic E-state index is 11.6. The number of nitrogens with one attached hydrogen (secondary N) is 1. The molecule has 92 valence electrons. The van der Waals surface area contributed by atoms with E-state index in [1.165, 1.54) is 4.31 Å². The van der Waals surface area contributed by atoms with Crippen molar-refractivity contribution in [3.63, 3.8) is 0 Å². The fourth-order valence-electron chi connectivity index (χ4n) is 1.28. The minimum Gasteiger partial charge on any atom is -0.328 e. The second-order valence-electron chi connectivity index (χ2n) is 3.60. The maximum atomic E-state index is 11.6. The van der Waals surface area contributed by atoms with Crippen LogP contribution in [0.4, 0.5) is 0 Å². The van der Waals surface area contributed by atoms with Crippen molar-refractivity contribution in [1.82, 2.24) is 9.03 Å². The average molecular weight is 237 g/mol. The van der Waals surface area contributed by atoms with Gasteiger partial charge in [-0.15, -0.1) is 0 Å². The van der Waals surface area contributed by atoms with Crippen LogP contribution in [0.5, 0.6) is 0 Å². The van der Waals surface area contributed by atoms with Crippen LogP contribution < -0.4 is 10.5 Å². The molecule has 0 fully saturated rings. The van der Waals surface area contributed by atoms with E-state index in [1.54, 1.807) is 0 Å². The molecule has 0 amide bonds. The first-order valence-corrected chi connectivity index (χ1v) is 6.88. The zero-order valence-corrected chi connectivity index (χ0v) is 10.7. The summed E-state index contributed by atoms with van der Waals surface area (Å²) in [4.78, 5) is 0. The molecule has 0 saturated carbocycles. The lowest BCUT2D eigenvalue weighted by Crippen LogP contribution is -2.41. The minimum atomic E-state index is -3.28. The lowest BCUT2D eigenvalue weighted by atomic mass is 10.2. The summed E-state index contributed by atoms with van der Waals surface area (Å²) in [6.07, 6.45) is 1.61. The van der Waals surface area contributed by atoms with Crippen LogP contribution in [0.25, 0.3) is 0 Å². The van der Waals surface area contributed by atoms with E-state index in [4.69, 9.17) is 5.73 Å². The molecule has 0 aromatic heterocycles. The lowest BCUT2D eigenvalue weighted by Gasteiger charge is -2.18. The van der Waals surface area contributed by atoms with Gasteiger partial charge >= 0.3 is 0 Å². The third-order valence-electron chi connectivity index (χ3n) is 2.17. The molecule has 0 rings (SSSR count). The van der Waals surface area contributed by atoms with Gasteiger partial charge in [0.2, 0.25) is 0 Å². The Balaban J connectivity index is 3.94. The monoisotopic (exact) mass is 237 g/mol. The van der Waals surface area contributed by atoms with E-state index in [0.717, 1.165) is 12.8 Å². The number of nitrogens with zero attached hydrogens (tertiary/aromatic N) is 1. The Morgan fingerprint density at radius 3 is 2.27 bits per heavy atom. The fraction of sp³-hybridized carbons (Fsp3) is 1.00. The lowest BCUT2D eigenvalue weighted by molar-refractivity contribution is 0.433. The molecule has 0 bridgehead atoms. The fourth-order valence-corrected chi connectivity index (χ4v) is 2.54. The molecule has 0 aliphatic heterocycles. The van der Waals surface area contributed by atoms with Crippen molar-refractivity contribution in [1.29, 1.82) is 0 Å². The van der Waals surface area contributed by atoms with Crippen LogP contribution in [0, 0.1) is 0 Å². The van der Waals surface area contributed by atoms with Gasteiger partial charge in [-0.1, -0.05) is 13.8 Å². The summed E-state index contributed by atoms with van der Waals surface area (Å²) in [5, 5.41) is 0. The second kappa shape index (κ2) is 7.16. The van der Waals surface area contributed by atoms with Gasteiger partial charge in [0.25, 0.3) is 10.2 Å². The Kier molecular flexibility index (Phi) is 7.08. The molecule has 0 aromatic carbocycles. The van der Waals surface area contributed by atoms with Crippen molar-refractivity contribution in [2.24, 2.45) is 5.73 Å². The van der Waals surface area contributed by atoms with Crippen molar-refractivity contribution >= 4 is 10.2 Å². The van der Waals surface area contributed by atoms with Crippen LogP contribution in [0.3, 0.4) is 0 Å². The van der Waals surface area contributed by atoms with E-state index in [-0.39, 0.29) is 6.04 Å². The van der Waals surface area contributed by atoms with Gasteiger partial charge in [-0.3, -0.25) is 0 Å². The molecule has 5 nitrogen and oxygen atoms in total. The Labute approximate surface area is 93.2 Å². The van der Waals surface area contributed by atoms with Crippen molar-refractivity contribution < 1.29 is 8.42 Å². The predicted octanol–water partition coefficient (Wildman–Crippen LogP) is 0.290. The van der Waals surface area contributed by atoms with E-state index in [0.29, 0.717) is 19.6 Å². The van der Waals surface area contributed by atoms with Gasteiger partial charge in [0.1, 0.15) is 0 Å². The number of rotatable bonds is 8. The zero-order chi connectivity index (χ0) is 11.9. The summed E-state index contributed by atoms with van der Waals surface area (Å²) in [5.41, 5.74) is 5.57. The molecule has 1 unspecified atom stereocenters. The molecule has 0 aliphatic carbocycles. The topological polar surface area (TPSA) is 75.4 Å². The SMILES string of the molecule is CCN(CC)S(=O)(=O)NCCCC(C)N. The van der Waals surface area contributed by atoms with Crippen LogP contribution in [-0.2, 0) is 10.2 Å². The molecule has 3 N–H and O–H groups in total. The van der Waals surface area contributed by atoms with Gasteiger partial charge in [0, 0.05) is 25.7 Å². The Morgan fingerprint density at radius 1 is 1.33 bits per heavy atom. The molecule has 0 spiro atoms. The van der Waals surface area contributed by atoms with E-state index in [1.807, 2.05) is 20.8 Å². The summed E-state index contributed by atoms with van der Waals surface area (Å²) in [6.45, 7) is 7.02. The highest BCUT2D eigenvalue weighted by molar-refractivity contribution is 7.87. The summed E-state index contributed by atoms with van der Waals surface area (Å²) >= 11 is 0. The summed E-state index contributed by atoms with van der Waals surface area (Å²) in [6, 6.07) is 0.128.